The van der Waals surface area contributed by atoms with Gasteiger partial charge in [-0.3, -0.25) is 0 Å². The van der Waals surface area contributed by atoms with Gasteiger partial charge in [0.25, 0.3) is 0 Å². The van der Waals surface area contributed by atoms with E-state index in [-0.39, 0.29) is 0 Å². The highest BCUT2D eigenvalue weighted by atomic mass is 79.9. The summed E-state index contributed by atoms with van der Waals surface area (Å²) in [7, 11) is 0. The van der Waals surface area contributed by atoms with Gasteiger partial charge < -0.3 is 5.73 Å². The molecule has 0 aliphatic heterocycles. The van der Waals surface area contributed by atoms with E-state index in [1.54, 1.807) is 4.68 Å². The number of hydrogen-bond donors (Lipinski definition) is 1. The van der Waals surface area contributed by atoms with Crippen molar-refractivity contribution >= 4 is 21.7 Å². The standard InChI is InChI=1S/C14H11BrN4/c15-11-6-8-12(9-7-11)19-14(16)13(17-18-19)10-4-2-1-3-5-10/h1-9H,16H2. The maximum atomic E-state index is 6.13. The van der Waals surface area contributed by atoms with Crippen molar-refractivity contribution in [2.45, 2.75) is 0 Å². The number of benzene rings is 2. The summed E-state index contributed by atoms with van der Waals surface area (Å²) in [5.74, 6) is 0.536. The molecule has 5 heteroatoms. The number of nitrogens with two attached hydrogens (primary N) is 1. The van der Waals surface area contributed by atoms with Crippen molar-refractivity contribution in [3.8, 4) is 16.9 Å². The van der Waals surface area contributed by atoms with E-state index in [2.05, 4.69) is 26.2 Å². The lowest BCUT2D eigenvalue weighted by Crippen LogP contribution is -2.02. The Bertz CT molecular complexity index is 689. The van der Waals surface area contributed by atoms with Crippen LogP contribution in [0.25, 0.3) is 16.9 Å². The Morgan fingerprint density at radius 3 is 2.32 bits per heavy atom. The highest BCUT2D eigenvalue weighted by molar-refractivity contribution is 9.10. The fraction of sp³-hybridized carbons (Fsp3) is 0. The van der Waals surface area contributed by atoms with Gasteiger partial charge in [-0.1, -0.05) is 51.5 Å². The van der Waals surface area contributed by atoms with Gasteiger partial charge in [0, 0.05) is 10.0 Å². The molecule has 0 spiro atoms. The van der Waals surface area contributed by atoms with Crippen molar-refractivity contribution in [2.75, 3.05) is 5.73 Å². The van der Waals surface area contributed by atoms with E-state index < -0.39 is 0 Å². The van der Waals surface area contributed by atoms with Gasteiger partial charge in [0.2, 0.25) is 0 Å². The summed E-state index contributed by atoms with van der Waals surface area (Å²) in [6.07, 6.45) is 0. The molecule has 0 saturated heterocycles. The SMILES string of the molecule is Nc1c(-c2ccccc2)nnn1-c1ccc(Br)cc1. The summed E-state index contributed by atoms with van der Waals surface area (Å²) in [4.78, 5) is 0. The lowest BCUT2D eigenvalue weighted by atomic mass is 10.1. The number of aromatic nitrogens is 3. The first kappa shape index (κ1) is 11.9. The van der Waals surface area contributed by atoms with Gasteiger partial charge in [0.15, 0.2) is 5.82 Å². The molecule has 94 valence electrons. The Morgan fingerprint density at radius 1 is 0.947 bits per heavy atom. The summed E-state index contributed by atoms with van der Waals surface area (Å²) in [6.45, 7) is 0. The summed E-state index contributed by atoms with van der Waals surface area (Å²) >= 11 is 3.40. The predicted molar refractivity (Wildman–Crippen MR) is 78.9 cm³/mol. The van der Waals surface area contributed by atoms with Crippen molar-refractivity contribution < 1.29 is 0 Å². The second kappa shape index (κ2) is 4.85. The lowest BCUT2D eigenvalue weighted by Gasteiger charge is -2.03. The first-order chi connectivity index (χ1) is 9.25. The third kappa shape index (κ3) is 2.24. The molecule has 0 aliphatic carbocycles. The van der Waals surface area contributed by atoms with Gasteiger partial charge in [-0.15, -0.1) is 5.10 Å². The third-order valence-corrected chi connectivity index (χ3v) is 3.35. The largest absolute Gasteiger partial charge is 0.382 e. The van der Waals surface area contributed by atoms with E-state index in [1.165, 1.54) is 0 Å². The van der Waals surface area contributed by atoms with Gasteiger partial charge >= 0.3 is 0 Å². The lowest BCUT2D eigenvalue weighted by molar-refractivity contribution is 0.810. The van der Waals surface area contributed by atoms with E-state index >= 15 is 0 Å². The monoisotopic (exact) mass is 314 g/mol. The second-order valence-electron chi connectivity index (χ2n) is 4.08. The zero-order valence-electron chi connectivity index (χ0n) is 9.99. The zero-order chi connectivity index (χ0) is 13.2. The van der Waals surface area contributed by atoms with Crippen LogP contribution in [0, 0.1) is 0 Å². The summed E-state index contributed by atoms with van der Waals surface area (Å²) in [5, 5.41) is 8.28. The number of rotatable bonds is 2. The van der Waals surface area contributed by atoms with Crippen LogP contribution in [0.1, 0.15) is 0 Å². The highest BCUT2D eigenvalue weighted by Crippen LogP contribution is 2.25. The van der Waals surface area contributed by atoms with Crippen molar-refractivity contribution in [1.82, 2.24) is 15.0 Å². The van der Waals surface area contributed by atoms with Gasteiger partial charge in [-0.05, 0) is 24.3 Å². The van der Waals surface area contributed by atoms with E-state index in [1.807, 2.05) is 54.6 Å². The van der Waals surface area contributed by atoms with E-state index in [0.29, 0.717) is 11.5 Å². The first-order valence-corrected chi connectivity index (χ1v) is 6.57. The van der Waals surface area contributed by atoms with Crippen molar-refractivity contribution in [3.05, 3.63) is 59.1 Å². The quantitative estimate of drug-likeness (QED) is 0.789. The fourth-order valence-corrected chi connectivity index (χ4v) is 2.13. The van der Waals surface area contributed by atoms with Crippen LogP contribution >= 0.6 is 15.9 Å². The number of nitrogens with zero attached hydrogens (tertiary/aromatic N) is 3. The Kier molecular flexibility index (Phi) is 3.05. The van der Waals surface area contributed by atoms with Crippen LogP contribution in [0.2, 0.25) is 0 Å². The minimum absolute atomic E-state index is 0.536. The second-order valence-corrected chi connectivity index (χ2v) is 4.99. The van der Waals surface area contributed by atoms with Gasteiger partial charge in [0.1, 0.15) is 5.69 Å². The number of anilines is 1. The Hall–Kier alpha value is -2.14. The van der Waals surface area contributed by atoms with Crippen LogP contribution in [-0.4, -0.2) is 15.0 Å². The minimum atomic E-state index is 0.536. The molecule has 0 atom stereocenters. The number of nitrogen functional groups attached to an aromatic ring is 1. The molecule has 0 unspecified atom stereocenters. The molecule has 0 radical (unpaired) electrons. The maximum Gasteiger partial charge on any atom is 0.155 e. The van der Waals surface area contributed by atoms with E-state index in [0.717, 1.165) is 15.7 Å². The zero-order valence-corrected chi connectivity index (χ0v) is 11.6. The summed E-state index contributed by atoms with van der Waals surface area (Å²) < 4.78 is 2.65. The Labute approximate surface area is 119 Å². The number of halogens is 1. The molecule has 0 saturated carbocycles. The van der Waals surface area contributed by atoms with E-state index in [4.69, 9.17) is 5.73 Å². The first-order valence-electron chi connectivity index (χ1n) is 5.78. The van der Waals surface area contributed by atoms with E-state index in [9.17, 15) is 0 Å². The molecule has 1 heterocycles. The fourth-order valence-electron chi connectivity index (χ4n) is 1.86. The molecule has 1 aromatic heterocycles. The molecule has 0 amide bonds. The Morgan fingerprint density at radius 2 is 1.63 bits per heavy atom. The average Bonchev–Trinajstić information content (AvgIpc) is 2.83. The van der Waals surface area contributed by atoms with Crippen molar-refractivity contribution in [1.29, 1.82) is 0 Å². The van der Waals surface area contributed by atoms with Gasteiger partial charge in [-0.25, -0.2) is 0 Å². The van der Waals surface area contributed by atoms with Gasteiger partial charge in [0.05, 0.1) is 5.69 Å². The molecule has 3 aromatic rings. The molecule has 19 heavy (non-hydrogen) atoms. The topological polar surface area (TPSA) is 56.7 Å². The van der Waals surface area contributed by atoms with Crippen LogP contribution in [0.4, 0.5) is 5.82 Å². The molecule has 0 aliphatic rings. The molecular weight excluding hydrogens is 304 g/mol. The summed E-state index contributed by atoms with van der Waals surface area (Å²) in [5.41, 5.74) is 8.68. The molecule has 2 N–H and O–H groups in total. The molecule has 2 aromatic carbocycles. The Balaban J connectivity index is 2.06. The third-order valence-electron chi connectivity index (χ3n) is 2.82. The molecular formula is C14H11BrN4. The van der Waals surface area contributed by atoms with Crippen LogP contribution < -0.4 is 5.73 Å². The minimum Gasteiger partial charge on any atom is -0.382 e. The molecule has 3 rings (SSSR count). The highest BCUT2D eigenvalue weighted by Gasteiger charge is 2.12. The maximum absolute atomic E-state index is 6.13. The smallest absolute Gasteiger partial charge is 0.155 e. The molecule has 0 fully saturated rings. The molecule has 4 nitrogen and oxygen atoms in total. The predicted octanol–water partition coefficient (Wildman–Crippen LogP) is 3.28. The molecule has 0 bridgehead atoms. The van der Waals surface area contributed by atoms with Crippen LogP contribution in [0.3, 0.4) is 0 Å². The normalized spacial score (nSPS) is 10.6. The van der Waals surface area contributed by atoms with Crippen LogP contribution in [-0.2, 0) is 0 Å². The number of hydrogen-bond acceptors (Lipinski definition) is 3. The van der Waals surface area contributed by atoms with Gasteiger partial charge in [-0.2, -0.15) is 4.68 Å². The van der Waals surface area contributed by atoms with Crippen LogP contribution in [0.15, 0.2) is 59.1 Å². The average molecular weight is 315 g/mol. The van der Waals surface area contributed by atoms with Crippen molar-refractivity contribution in [3.63, 3.8) is 0 Å². The van der Waals surface area contributed by atoms with Crippen molar-refractivity contribution in [2.24, 2.45) is 0 Å². The van der Waals surface area contributed by atoms with Crippen LogP contribution in [0.5, 0.6) is 0 Å². The summed E-state index contributed by atoms with van der Waals surface area (Å²) in [6, 6.07) is 17.5.